The van der Waals surface area contributed by atoms with E-state index in [4.69, 9.17) is 0 Å². The highest BCUT2D eigenvalue weighted by Gasteiger charge is 2.36. The van der Waals surface area contributed by atoms with E-state index in [1.165, 1.54) is 18.2 Å². The van der Waals surface area contributed by atoms with E-state index in [9.17, 15) is 12.8 Å². The maximum atomic E-state index is 13.3. The molecule has 0 saturated heterocycles. The summed E-state index contributed by atoms with van der Waals surface area (Å²) in [4.78, 5) is 0.265. The number of hydrogen-bond acceptors (Lipinski definition) is 3. The highest BCUT2D eigenvalue weighted by atomic mass is 32.2. The lowest BCUT2D eigenvalue weighted by molar-refractivity contribution is 0.426. The summed E-state index contributed by atoms with van der Waals surface area (Å²) < 4.78 is 37.7. The van der Waals surface area contributed by atoms with Gasteiger partial charge in [0.25, 0.3) is 0 Å². The Balaban J connectivity index is 2.55. The second-order valence-corrected chi connectivity index (χ2v) is 7.48. The predicted molar refractivity (Wildman–Crippen MR) is 68.7 cm³/mol. The molecular formula is C13H18FNO2S. The molecule has 1 heterocycles. The molecule has 0 amide bonds. The lowest BCUT2D eigenvalue weighted by atomic mass is 10.0. The minimum atomic E-state index is -3.31. The lowest BCUT2D eigenvalue weighted by Gasteiger charge is -2.31. The van der Waals surface area contributed by atoms with Crippen molar-refractivity contribution in [3.63, 3.8) is 0 Å². The molecule has 1 aromatic rings. The summed E-state index contributed by atoms with van der Waals surface area (Å²) in [6, 6.07) is 4.04. The highest BCUT2D eigenvalue weighted by Crippen LogP contribution is 2.36. The molecule has 0 aliphatic carbocycles. The van der Waals surface area contributed by atoms with Crippen molar-refractivity contribution in [3.8, 4) is 0 Å². The minimum absolute atomic E-state index is 0.103. The van der Waals surface area contributed by atoms with Crippen LogP contribution in [0.3, 0.4) is 0 Å². The number of nitrogens with one attached hydrogen (secondary N) is 1. The third kappa shape index (κ3) is 2.29. The molecule has 100 valence electrons. The van der Waals surface area contributed by atoms with Crippen LogP contribution in [0.2, 0.25) is 0 Å². The van der Waals surface area contributed by atoms with Gasteiger partial charge in [0, 0.05) is 12.1 Å². The summed E-state index contributed by atoms with van der Waals surface area (Å²) in [5.41, 5.74) is 0.557. The molecule has 0 radical (unpaired) electrons. The molecule has 0 bridgehead atoms. The second-order valence-electron chi connectivity index (χ2n) is 5.15. The van der Waals surface area contributed by atoms with Crippen LogP contribution in [-0.2, 0) is 9.84 Å². The third-order valence-corrected chi connectivity index (χ3v) is 5.52. The fourth-order valence-corrected chi connectivity index (χ4v) is 4.08. The quantitative estimate of drug-likeness (QED) is 0.840. The van der Waals surface area contributed by atoms with Crippen molar-refractivity contribution >= 4 is 9.84 Å². The van der Waals surface area contributed by atoms with E-state index in [1.807, 2.05) is 13.8 Å². The molecule has 3 nitrogen and oxygen atoms in total. The van der Waals surface area contributed by atoms with Gasteiger partial charge >= 0.3 is 0 Å². The summed E-state index contributed by atoms with van der Waals surface area (Å²) in [6.07, 6.45) is 0.483. The van der Waals surface area contributed by atoms with Gasteiger partial charge in [-0.05, 0) is 37.1 Å². The van der Waals surface area contributed by atoms with Crippen LogP contribution in [0.1, 0.15) is 38.8 Å². The molecule has 0 fully saturated rings. The van der Waals surface area contributed by atoms with Gasteiger partial charge in [0.1, 0.15) is 5.82 Å². The van der Waals surface area contributed by atoms with Crippen LogP contribution in [0.25, 0.3) is 0 Å². The summed E-state index contributed by atoms with van der Waals surface area (Å²) in [6.45, 7) is 5.69. The molecule has 2 rings (SSSR count). The van der Waals surface area contributed by atoms with Crippen molar-refractivity contribution in [2.45, 2.75) is 49.4 Å². The highest BCUT2D eigenvalue weighted by molar-refractivity contribution is 7.92. The molecule has 5 heteroatoms. The molecule has 2 atom stereocenters. The Hall–Kier alpha value is -0.940. The van der Waals surface area contributed by atoms with Gasteiger partial charge in [-0.15, -0.1) is 0 Å². The molecule has 0 saturated carbocycles. The molecule has 0 spiro atoms. The zero-order valence-electron chi connectivity index (χ0n) is 10.8. The summed E-state index contributed by atoms with van der Waals surface area (Å²) in [5.74, 6) is -0.394. The van der Waals surface area contributed by atoms with Crippen molar-refractivity contribution in [2.75, 3.05) is 0 Å². The maximum absolute atomic E-state index is 13.3. The van der Waals surface area contributed by atoms with Crippen LogP contribution in [0.5, 0.6) is 0 Å². The monoisotopic (exact) mass is 271 g/mol. The topological polar surface area (TPSA) is 46.2 Å². The Kier molecular flexibility index (Phi) is 3.47. The first kappa shape index (κ1) is 13.5. The molecule has 18 heavy (non-hydrogen) atoms. The number of benzene rings is 1. The van der Waals surface area contributed by atoms with Crippen molar-refractivity contribution in [3.05, 3.63) is 29.6 Å². The van der Waals surface area contributed by atoms with Crippen LogP contribution in [0, 0.1) is 5.82 Å². The van der Waals surface area contributed by atoms with E-state index in [1.54, 1.807) is 6.92 Å². The van der Waals surface area contributed by atoms with E-state index < -0.39 is 20.9 Å². The molecule has 0 aromatic heterocycles. The van der Waals surface area contributed by atoms with Gasteiger partial charge in [0.05, 0.1) is 10.1 Å². The van der Waals surface area contributed by atoms with E-state index in [0.717, 1.165) is 0 Å². The van der Waals surface area contributed by atoms with Crippen molar-refractivity contribution in [2.24, 2.45) is 0 Å². The van der Waals surface area contributed by atoms with Gasteiger partial charge in [-0.3, -0.25) is 0 Å². The van der Waals surface area contributed by atoms with Crippen LogP contribution >= 0.6 is 0 Å². The van der Waals surface area contributed by atoms with Gasteiger partial charge in [0.15, 0.2) is 9.84 Å². The molecule has 1 N–H and O–H groups in total. The van der Waals surface area contributed by atoms with Crippen molar-refractivity contribution in [1.82, 2.24) is 5.32 Å². The first-order valence-electron chi connectivity index (χ1n) is 6.11. The van der Waals surface area contributed by atoms with E-state index in [2.05, 4.69) is 5.32 Å². The first-order valence-corrected chi connectivity index (χ1v) is 7.66. The number of hydrogen-bond donors (Lipinski definition) is 1. The Morgan fingerprint density at radius 2 is 2.06 bits per heavy atom. The predicted octanol–water partition coefficient (Wildman–Crippen LogP) is 2.43. The second kappa shape index (κ2) is 4.63. The van der Waals surface area contributed by atoms with E-state index in [-0.39, 0.29) is 17.0 Å². The van der Waals surface area contributed by atoms with Crippen LogP contribution in [0.4, 0.5) is 4.39 Å². The summed E-state index contributed by atoms with van der Waals surface area (Å²) in [5, 5.41) is 2.86. The lowest BCUT2D eigenvalue weighted by Crippen LogP contribution is -2.37. The van der Waals surface area contributed by atoms with Gasteiger partial charge in [-0.25, -0.2) is 12.8 Å². The van der Waals surface area contributed by atoms with E-state index in [0.29, 0.717) is 12.0 Å². The first-order chi connectivity index (χ1) is 8.32. The number of sulfone groups is 1. The Morgan fingerprint density at radius 3 is 2.67 bits per heavy atom. The van der Waals surface area contributed by atoms with Crippen LogP contribution < -0.4 is 5.32 Å². The number of rotatable bonds is 2. The molecule has 1 aliphatic rings. The Morgan fingerprint density at radius 1 is 1.39 bits per heavy atom. The Labute approximate surface area is 107 Å². The van der Waals surface area contributed by atoms with Crippen molar-refractivity contribution < 1.29 is 12.8 Å². The standard InChI is InChI=1S/C13H18FNO2S/c1-8(2)15-12-6-9(3)18(16,17)13-5-4-10(14)7-11(12)13/h4-5,7-9,12,15H,6H2,1-3H3. The fourth-order valence-electron chi connectivity index (χ4n) is 2.41. The molecule has 1 aliphatic heterocycles. The minimum Gasteiger partial charge on any atom is -0.308 e. The molecule has 2 unspecified atom stereocenters. The maximum Gasteiger partial charge on any atom is 0.181 e. The summed E-state index contributed by atoms with van der Waals surface area (Å²) >= 11 is 0. The van der Waals surface area contributed by atoms with Gasteiger partial charge < -0.3 is 5.32 Å². The van der Waals surface area contributed by atoms with Gasteiger partial charge in [-0.1, -0.05) is 13.8 Å². The average molecular weight is 271 g/mol. The zero-order chi connectivity index (χ0) is 13.5. The largest absolute Gasteiger partial charge is 0.308 e. The van der Waals surface area contributed by atoms with Crippen LogP contribution in [-0.4, -0.2) is 19.7 Å². The zero-order valence-corrected chi connectivity index (χ0v) is 11.6. The van der Waals surface area contributed by atoms with Gasteiger partial charge in [-0.2, -0.15) is 0 Å². The van der Waals surface area contributed by atoms with Gasteiger partial charge in [0.2, 0.25) is 0 Å². The van der Waals surface area contributed by atoms with Crippen molar-refractivity contribution in [1.29, 1.82) is 0 Å². The smallest absolute Gasteiger partial charge is 0.181 e. The Bertz CT molecular complexity index is 554. The molecular weight excluding hydrogens is 253 g/mol. The number of fused-ring (bicyclic) bond motifs is 1. The fraction of sp³-hybridized carbons (Fsp3) is 0.538. The number of halogens is 1. The average Bonchev–Trinajstić information content (AvgIpc) is 2.25. The van der Waals surface area contributed by atoms with E-state index >= 15 is 0 Å². The normalized spacial score (nSPS) is 26.1. The molecule has 1 aromatic carbocycles. The SMILES string of the molecule is CC(C)NC1CC(C)S(=O)(=O)c2ccc(F)cc21. The third-order valence-electron chi connectivity index (χ3n) is 3.29. The van der Waals surface area contributed by atoms with Crippen LogP contribution in [0.15, 0.2) is 23.1 Å². The summed E-state index contributed by atoms with van der Waals surface area (Å²) in [7, 11) is -3.31.